The Morgan fingerprint density at radius 2 is 2.05 bits per heavy atom. The van der Waals surface area contributed by atoms with E-state index in [4.69, 9.17) is 5.73 Å². The number of aryl methyl sites for hydroxylation is 1. The molecule has 3 rings (SSSR count). The van der Waals surface area contributed by atoms with Crippen molar-refractivity contribution in [1.82, 2.24) is 9.47 Å². The number of carbonyl (C=O) groups is 1. The molecule has 21 heavy (non-hydrogen) atoms. The maximum Gasteiger partial charge on any atom is 0.270 e. The number of hydrogen-bond acceptors (Lipinski definition) is 2. The summed E-state index contributed by atoms with van der Waals surface area (Å²) in [5.41, 5.74) is 9.82. The number of rotatable bonds is 3. The zero-order valence-electron chi connectivity index (χ0n) is 12.4. The highest BCUT2D eigenvalue weighted by Crippen LogP contribution is 2.21. The zero-order chi connectivity index (χ0) is 14.8. The van der Waals surface area contributed by atoms with Gasteiger partial charge in [-0.1, -0.05) is 31.2 Å². The fourth-order valence-corrected chi connectivity index (χ4v) is 2.97. The third kappa shape index (κ3) is 2.66. The number of nitrogen functional groups attached to an aromatic ring is 1. The second-order valence-electron chi connectivity index (χ2n) is 5.60. The van der Waals surface area contributed by atoms with E-state index >= 15 is 0 Å². The van der Waals surface area contributed by atoms with Gasteiger partial charge in [-0.3, -0.25) is 4.79 Å². The van der Waals surface area contributed by atoms with Gasteiger partial charge in [-0.05, 0) is 30.0 Å². The first-order valence-electron chi connectivity index (χ1n) is 7.50. The van der Waals surface area contributed by atoms with Crippen molar-refractivity contribution in [2.45, 2.75) is 32.9 Å². The molecule has 0 unspecified atom stereocenters. The minimum absolute atomic E-state index is 0.0784. The van der Waals surface area contributed by atoms with E-state index in [1.807, 2.05) is 21.7 Å². The third-order valence-corrected chi connectivity index (χ3v) is 4.02. The topological polar surface area (TPSA) is 51.3 Å². The van der Waals surface area contributed by atoms with Gasteiger partial charge in [0.2, 0.25) is 0 Å². The summed E-state index contributed by atoms with van der Waals surface area (Å²) in [6.07, 6.45) is 3.76. The van der Waals surface area contributed by atoms with Crippen molar-refractivity contribution in [3.63, 3.8) is 0 Å². The van der Waals surface area contributed by atoms with Crippen LogP contribution in [-0.2, 0) is 19.5 Å². The number of nitrogens with zero attached hydrogens (tertiary/aromatic N) is 2. The second-order valence-corrected chi connectivity index (χ2v) is 5.60. The van der Waals surface area contributed by atoms with Crippen LogP contribution in [0.4, 0.5) is 5.69 Å². The Kier molecular flexibility index (Phi) is 3.69. The standard InChI is InChI=1S/C17H21N3O/c1-2-8-19-12-15(18)10-16(19)17(21)20-9-7-13-5-3-4-6-14(13)11-20/h3-6,10,12H,2,7-9,11,18H2,1H3. The Bertz CT molecular complexity index is 660. The Morgan fingerprint density at radius 3 is 2.81 bits per heavy atom. The quantitative estimate of drug-likeness (QED) is 0.941. The molecule has 110 valence electrons. The number of fused-ring (bicyclic) bond motifs is 1. The lowest BCUT2D eigenvalue weighted by molar-refractivity contribution is 0.0723. The zero-order valence-corrected chi connectivity index (χ0v) is 12.4. The van der Waals surface area contributed by atoms with Gasteiger partial charge in [-0.15, -0.1) is 0 Å². The van der Waals surface area contributed by atoms with Crippen molar-refractivity contribution in [3.8, 4) is 0 Å². The van der Waals surface area contributed by atoms with Crippen LogP contribution in [0.5, 0.6) is 0 Å². The van der Waals surface area contributed by atoms with Crippen LogP contribution in [0.2, 0.25) is 0 Å². The normalized spacial score (nSPS) is 14.0. The summed E-state index contributed by atoms with van der Waals surface area (Å²) >= 11 is 0. The fourth-order valence-electron chi connectivity index (χ4n) is 2.97. The first-order valence-corrected chi connectivity index (χ1v) is 7.50. The molecule has 0 radical (unpaired) electrons. The van der Waals surface area contributed by atoms with E-state index in [2.05, 4.69) is 25.1 Å². The van der Waals surface area contributed by atoms with E-state index in [0.717, 1.165) is 25.9 Å². The summed E-state index contributed by atoms with van der Waals surface area (Å²) < 4.78 is 1.97. The van der Waals surface area contributed by atoms with Crippen molar-refractivity contribution in [2.24, 2.45) is 0 Å². The third-order valence-electron chi connectivity index (χ3n) is 4.02. The van der Waals surface area contributed by atoms with Gasteiger partial charge in [0.15, 0.2) is 0 Å². The Labute approximate surface area is 125 Å². The molecule has 1 aliphatic heterocycles. The number of carbonyl (C=O) groups excluding carboxylic acids is 1. The Balaban J connectivity index is 1.84. The molecule has 4 nitrogen and oxygen atoms in total. The van der Waals surface area contributed by atoms with Crippen molar-refractivity contribution in [2.75, 3.05) is 12.3 Å². The number of anilines is 1. The molecule has 2 aromatic rings. The average Bonchev–Trinajstić information content (AvgIpc) is 2.87. The number of aromatic nitrogens is 1. The fraction of sp³-hybridized carbons (Fsp3) is 0.353. The number of amides is 1. The van der Waals surface area contributed by atoms with E-state index in [-0.39, 0.29) is 5.91 Å². The minimum Gasteiger partial charge on any atom is -0.397 e. The number of benzene rings is 1. The first-order chi connectivity index (χ1) is 10.2. The summed E-state index contributed by atoms with van der Waals surface area (Å²) in [6, 6.07) is 10.1. The molecule has 0 spiro atoms. The highest BCUT2D eigenvalue weighted by atomic mass is 16.2. The predicted octanol–water partition coefficient (Wildman–Crippen LogP) is 2.68. The molecule has 1 aliphatic rings. The lowest BCUT2D eigenvalue weighted by Gasteiger charge is -2.29. The van der Waals surface area contributed by atoms with Crippen LogP contribution < -0.4 is 5.73 Å². The lowest BCUT2D eigenvalue weighted by atomic mass is 10.00. The van der Waals surface area contributed by atoms with Crippen LogP contribution in [0, 0.1) is 0 Å². The molecule has 1 aromatic heterocycles. The van der Waals surface area contributed by atoms with E-state index in [0.29, 0.717) is 17.9 Å². The Morgan fingerprint density at radius 1 is 1.29 bits per heavy atom. The second kappa shape index (κ2) is 5.64. The highest BCUT2D eigenvalue weighted by Gasteiger charge is 2.23. The smallest absolute Gasteiger partial charge is 0.270 e. The van der Waals surface area contributed by atoms with Crippen molar-refractivity contribution in [3.05, 3.63) is 53.3 Å². The largest absolute Gasteiger partial charge is 0.397 e. The first kappa shape index (κ1) is 13.7. The molecule has 2 N–H and O–H groups in total. The summed E-state index contributed by atoms with van der Waals surface area (Å²) in [7, 11) is 0. The molecule has 0 bridgehead atoms. The molecule has 1 amide bonds. The Hall–Kier alpha value is -2.23. The maximum absolute atomic E-state index is 12.8. The molecule has 0 fully saturated rings. The van der Waals surface area contributed by atoms with Gasteiger partial charge < -0.3 is 15.2 Å². The van der Waals surface area contributed by atoms with Gasteiger partial charge in [0, 0.05) is 25.8 Å². The van der Waals surface area contributed by atoms with Crippen molar-refractivity contribution in [1.29, 1.82) is 0 Å². The molecular formula is C17H21N3O. The van der Waals surface area contributed by atoms with Gasteiger partial charge in [0.1, 0.15) is 5.69 Å². The van der Waals surface area contributed by atoms with Crippen LogP contribution in [0.1, 0.15) is 35.0 Å². The molecule has 4 heteroatoms. The van der Waals surface area contributed by atoms with E-state index in [9.17, 15) is 4.79 Å². The average molecular weight is 283 g/mol. The molecule has 0 aliphatic carbocycles. The molecule has 2 heterocycles. The van der Waals surface area contributed by atoms with Gasteiger partial charge in [-0.2, -0.15) is 0 Å². The van der Waals surface area contributed by atoms with Gasteiger partial charge in [0.25, 0.3) is 5.91 Å². The van der Waals surface area contributed by atoms with Gasteiger partial charge in [0.05, 0.1) is 5.69 Å². The molecule has 0 saturated carbocycles. The van der Waals surface area contributed by atoms with E-state index in [1.165, 1.54) is 11.1 Å². The lowest BCUT2D eigenvalue weighted by Crippen LogP contribution is -2.36. The summed E-state index contributed by atoms with van der Waals surface area (Å²) in [4.78, 5) is 14.7. The molecule has 0 saturated heterocycles. The van der Waals surface area contributed by atoms with Crippen LogP contribution in [0.3, 0.4) is 0 Å². The minimum atomic E-state index is 0.0784. The van der Waals surface area contributed by atoms with Crippen LogP contribution >= 0.6 is 0 Å². The molecule has 1 aromatic carbocycles. The van der Waals surface area contributed by atoms with Gasteiger partial charge in [-0.25, -0.2) is 0 Å². The number of hydrogen-bond donors (Lipinski definition) is 1. The van der Waals surface area contributed by atoms with Crippen molar-refractivity contribution >= 4 is 11.6 Å². The van der Waals surface area contributed by atoms with Crippen LogP contribution in [0.15, 0.2) is 36.5 Å². The van der Waals surface area contributed by atoms with Gasteiger partial charge >= 0.3 is 0 Å². The van der Waals surface area contributed by atoms with Crippen molar-refractivity contribution < 1.29 is 4.79 Å². The van der Waals surface area contributed by atoms with E-state index < -0.39 is 0 Å². The van der Waals surface area contributed by atoms with E-state index in [1.54, 1.807) is 6.07 Å². The van der Waals surface area contributed by atoms with Crippen LogP contribution in [0.25, 0.3) is 0 Å². The SMILES string of the molecule is CCCn1cc(N)cc1C(=O)N1CCc2ccccc2C1. The monoisotopic (exact) mass is 283 g/mol. The maximum atomic E-state index is 12.8. The summed E-state index contributed by atoms with van der Waals surface area (Å²) in [5, 5.41) is 0. The highest BCUT2D eigenvalue weighted by molar-refractivity contribution is 5.94. The predicted molar refractivity (Wildman–Crippen MR) is 84.0 cm³/mol. The van der Waals surface area contributed by atoms with Crippen LogP contribution in [-0.4, -0.2) is 21.9 Å². The number of nitrogens with two attached hydrogens (primary N) is 1. The molecular weight excluding hydrogens is 262 g/mol. The molecule has 0 atom stereocenters. The summed E-state index contributed by atoms with van der Waals surface area (Å²) in [5.74, 6) is 0.0784. The summed E-state index contributed by atoms with van der Waals surface area (Å²) in [6.45, 7) is 4.38.